The second kappa shape index (κ2) is 11.9. The number of ether oxygens (including phenoxy) is 1. The topological polar surface area (TPSA) is 105 Å². The molecular formula is C31H50N2O6SSi. The molecular weight excluding hydrogens is 557 g/mol. The van der Waals surface area contributed by atoms with E-state index < -0.39 is 55.0 Å². The molecule has 1 saturated carbocycles. The summed E-state index contributed by atoms with van der Waals surface area (Å²) in [7, 11) is -2.36. The lowest BCUT2D eigenvalue weighted by Crippen LogP contribution is -2.58. The van der Waals surface area contributed by atoms with E-state index in [-0.39, 0.29) is 22.8 Å². The van der Waals surface area contributed by atoms with Crippen LogP contribution in [0.3, 0.4) is 0 Å². The molecule has 2 N–H and O–H groups in total. The minimum Gasteiger partial charge on any atom is -0.481 e. The van der Waals surface area contributed by atoms with Crippen LogP contribution in [0.5, 0.6) is 0 Å². The molecule has 1 aliphatic carbocycles. The number of carboxylic acid groups (broad SMARTS) is 1. The van der Waals surface area contributed by atoms with Gasteiger partial charge in [-0.15, -0.1) is 11.8 Å². The highest BCUT2D eigenvalue weighted by atomic mass is 32.2. The molecule has 1 saturated heterocycles. The van der Waals surface area contributed by atoms with Crippen molar-refractivity contribution in [2.75, 3.05) is 5.75 Å². The number of carbonyl (C=O) groups excluding carboxylic acids is 2. The van der Waals surface area contributed by atoms with Gasteiger partial charge in [-0.3, -0.25) is 14.5 Å². The Morgan fingerprint density at radius 2 is 1.71 bits per heavy atom. The summed E-state index contributed by atoms with van der Waals surface area (Å²) in [5.41, 5.74) is 0.278. The molecule has 3 rings (SSSR count). The first-order valence-electron chi connectivity index (χ1n) is 14.6. The summed E-state index contributed by atoms with van der Waals surface area (Å²) < 4.78 is 12.7. The van der Waals surface area contributed by atoms with E-state index in [0.29, 0.717) is 12.2 Å². The number of hydrogen-bond acceptors (Lipinski definition) is 6. The van der Waals surface area contributed by atoms with Gasteiger partial charge in [0, 0.05) is 17.6 Å². The van der Waals surface area contributed by atoms with Gasteiger partial charge in [-0.05, 0) is 64.7 Å². The normalized spacial score (nSPS) is 25.8. The third-order valence-corrected chi connectivity index (χ3v) is 14.6. The molecule has 1 heterocycles. The average molecular weight is 607 g/mol. The van der Waals surface area contributed by atoms with Crippen LogP contribution in [-0.2, 0) is 18.8 Å². The molecule has 230 valence electrons. The summed E-state index contributed by atoms with van der Waals surface area (Å²) in [6.45, 7) is 22.0. The smallest absolute Gasteiger partial charge is 0.412 e. The standard InChI is InChI=1S/C31H50N2O6SSi/c1-12-20(32-26(34)21-18-40-31(8,9)33(21)28(37)38-29(2,3)4)25(39-41(10,11)30(5,6)7)23-22(24(23)27(35)36)19-16-14-13-15-17-19/h13-17,20-25H,12,18H2,1-11H3,(H,32,34)(H,35,36)/t20-,21-,22-,23-,24+,25+/m0/s1. The maximum Gasteiger partial charge on any atom is 0.412 e. The second-order valence-corrected chi connectivity index (χ2v) is 20.7. The highest BCUT2D eigenvalue weighted by Crippen LogP contribution is 2.58. The van der Waals surface area contributed by atoms with Crippen molar-refractivity contribution >= 4 is 38.0 Å². The molecule has 1 aromatic carbocycles. The quantitative estimate of drug-likeness (QED) is 0.310. The number of carboxylic acids is 1. The Kier molecular flexibility index (Phi) is 9.72. The number of amides is 2. The fourth-order valence-electron chi connectivity index (χ4n) is 5.46. The van der Waals surface area contributed by atoms with Gasteiger partial charge >= 0.3 is 12.1 Å². The van der Waals surface area contributed by atoms with Crippen LogP contribution >= 0.6 is 11.8 Å². The molecule has 1 aromatic rings. The van der Waals surface area contributed by atoms with E-state index in [1.807, 2.05) is 71.9 Å². The van der Waals surface area contributed by atoms with Gasteiger partial charge < -0.3 is 19.6 Å². The Morgan fingerprint density at radius 1 is 1.12 bits per heavy atom. The molecule has 0 spiro atoms. The lowest BCUT2D eigenvalue weighted by atomic mass is 9.99. The summed E-state index contributed by atoms with van der Waals surface area (Å²) in [4.78, 5) is 40.6. The maximum atomic E-state index is 13.9. The van der Waals surface area contributed by atoms with Gasteiger partial charge in [-0.1, -0.05) is 58.0 Å². The predicted octanol–water partition coefficient (Wildman–Crippen LogP) is 6.47. The van der Waals surface area contributed by atoms with Crippen LogP contribution in [0.4, 0.5) is 4.79 Å². The van der Waals surface area contributed by atoms with Crippen molar-refractivity contribution in [2.45, 2.75) is 121 Å². The van der Waals surface area contributed by atoms with Gasteiger partial charge in [0.2, 0.25) is 5.91 Å². The maximum absolute atomic E-state index is 13.9. The zero-order valence-corrected chi connectivity index (χ0v) is 28.4. The molecule has 2 fully saturated rings. The zero-order valence-electron chi connectivity index (χ0n) is 26.6. The zero-order chi connectivity index (χ0) is 31.1. The Balaban J connectivity index is 1.95. The third kappa shape index (κ3) is 7.49. The minimum atomic E-state index is -2.36. The summed E-state index contributed by atoms with van der Waals surface area (Å²) in [6, 6.07) is 8.58. The van der Waals surface area contributed by atoms with Crippen LogP contribution in [0.15, 0.2) is 30.3 Å². The fraction of sp³-hybridized carbons (Fsp3) is 0.710. The summed E-state index contributed by atoms with van der Waals surface area (Å²) >= 11 is 1.54. The molecule has 8 nitrogen and oxygen atoms in total. The molecule has 41 heavy (non-hydrogen) atoms. The molecule has 0 radical (unpaired) electrons. The number of nitrogens with one attached hydrogen (secondary N) is 1. The van der Waals surface area contributed by atoms with E-state index in [1.54, 1.807) is 4.90 Å². The molecule has 10 heteroatoms. The van der Waals surface area contributed by atoms with E-state index >= 15 is 0 Å². The van der Waals surface area contributed by atoms with Crippen LogP contribution < -0.4 is 5.32 Å². The van der Waals surface area contributed by atoms with Crippen molar-refractivity contribution < 1.29 is 28.7 Å². The van der Waals surface area contributed by atoms with Crippen molar-refractivity contribution in [3.63, 3.8) is 0 Å². The average Bonchev–Trinajstić information content (AvgIpc) is 3.49. The Labute approximate surface area is 251 Å². The largest absolute Gasteiger partial charge is 0.481 e. The Morgan fingerprint density at radius 3 is 2.20 bits per heavy atom. The molecule has 0 aromatic heterocycles. The predicted molar refractivity (Wildman–Crippen MR) is 166 cm³/mol. The molecule has 6 atom stereocenters. The Hall–Kier alpha value is -2.04. The SMILES string of the molecule is CC[C@H](NC(=O)[C@@H]1CSC(C)(C)N1C(=O)OC(C)(C)C)[C@@H](O[Si](C)(C)C(C)(C)C)[C@@H]1[C@H](C(=O)O)[C@H]1c1ccccc1. The van der Waals surface area contributed by atoms with Crippen molar-refractivity contribution in [1.29, 1.82) is 0 Å². The first kappa shape index (κ1) is 33.5. The van der Waals surface area contributed by atoms with Crippen LogP contribution in [0.1, 0.15) is 80.2 Å². The van der Waals surface area contributed by atoms with Gasteiger partial charge in [0.15, 0.2) is 8.32 Å². The van der Waals surface area contributed by atoms with E-state index in [1.165, 1.54) is 11.8 Å². The first-order valence-corrected chi connectivity index (χ1v) is 18.5. The third-order valence-electron chi connectivity index (χ3n) is 8.70. The minimum absolute atomic E-state index is 0.108. The van der Waals surface area contributed by atoms with E-state index in [9.17, 15) is 19.5 Å². The highest BCUT2D eigenvalue weighted by molar-refractivity contribution is 8.00. The van der Waals surface area contributed by atoms with Gasteiger partial charge in [0.1, 0.15) is 11.6 Å². The van der Waals surface area contributed by atoms with Gasteiger partial charge in [0.05, 0.1) is 22.9 Å². The lowest BCUT2D eigenvalue weighted by molar-refractivity contribution is -0.139. The van der Waals surface area contributed by atoms with Crippen molar-refractivity contribution in [2.24, 2.45) is 11.8 Å². The number of aliphatic carboxylic acids is 1. The number of nitrogens with zero attached hydrogens (tertiary/aromatic N) is 1. The molecule has 1 aliphatic heterocycles. The van der Waals surface area contributed by atoms with E-state index in [4.69, 9.17) is 9.16 Å². The number of thioether (sulfide) groups is 1. The van der Waals surface area contributed by atoms with Gasteiger partial charge in [0.25, 0.3) is 0 Å². The summed E-state index contributed by atoms with van der Waals surface area (Å²) in [6.07, 6.45) is -0.453. The van der Waals surface area contributed by atoms with Crippen molar-refractivity contribution in [3.8, 4) is 0 Å². The fourth-order valence-corrected chi connectivity index (χ4v) is 8.02. The van der Waals surface area contributed by atoms with Crippen molar-refractivity contribution in [3.05, 3.63) is 35.9 Å². The summed E-state index contributed by atoms with van der Waals surface area (Å²) in [5.74, 6) is -1.76. The van der Waals surface area contributed by atoms with Crippen molar-refractivity contribution in [1.82, 2.24) is 10.2 Å². The first-order chi connectivity index (χ1) is 18.7. The highest BCUT2D eigenvalue weighted by Gasteiger charge is 2.62. The second-order valence-electron chi connectivity index (χ2n) is 14.4. The monoisotopic (exact) mass is 606 g/mol. The molecule has 0 bridgehead atoms. The number of benzene rings is 1. The summed E-state index contributed by atoms with van der Waals surface area (Å²) in [5, 5.41) is 13.3. The number of carbonyl (C=O) groups is 3. The molecule has 0 unspecified atom stereocenters. The molecule has 2 aliphatic rings. The lowest BCUT2D eigenvalue weighted by Gasteiger charge is -2.42. The number of hydrogen-bond donors (Lipinski definition) is 2. The van der Waals surface area contributed by atoms with Crippen LogP contribution in [0.2, 0.25) is 18.1 Å². The van der Waals surface area contributed by atoms with Crippen LogP contribution in [0.25, 0.3) is 0 Å². The Bertz CT molecular complexity index is 1110. The molecule has 2 amide bonds. The van der Waals surface area contributed by atoms with Gasteiger partial charge in [-0.2, -0.15) is 0 Å². The number of rotatable bonds is 9. The van der Waals surface area contributed by atoms with Gasteiger partial charge in [-0.25, -0.2) is 4.79 Å². The van der Waals surface area contributed by atoms with E-state index in [0.717, 1.165) is 5.56 Å². The van der Waals surface area contributed by atoms with Crippen LogP contribution in [0, 0.1) is 11.8 Å². The van der Waals surface area contributed by atoms with Crippen LogP contribution in [-0.4, -0.2) is 70.7 Å². The van der Waals surface area contributed by atoms with E-state index in [2.05, 4.69) is 39.2 Å².